The number of rotatable bonds is 8. The third kappa shape index (κ3) is 6.40. The first kappa shape index (κ1) is 14.9. The highest BCUT2D eigenvalue weighted by molar-refractivity contribution is 5.83. The van der Waals surface area contributed by atoms with E-state index in [4.69, 9.17) is 10.8 Å². The van der Waals surface area contributed by atoms with E-state index in [-0.39, 0.29) is 18.4 Å². The number of amides is 1. The smallest absolute Gasteiger partial charge is 0.326 e. The maximum atomic E-state index is 11.5. The quantitative estimate of drug-likeness (QED) is 0.577. The highest BCUT2D eigenvalue weighted by atomic mass is 16.4. The van der Waals surface area contributed by atoms with Gasteiger partial charge in [-0.15, -0.1) is 0 Å². The van der Waals surface area contributed by atoms with Crippen molar-refractivity contribution in [2.75, 3.05) is 0 Å². The van der Waals surface area contributed by atoms with Crippen molar-refractivity contribution in [1.82, 2.24) is 5.32 Å². The first-order valence-corrected chi connectivity index (χ1v) is 5.79. The Hall–Kier alpha value is -1.10. The Labute approximate surface area is 96.4 Å². The normalized spacial score (nSPS) is 14.2. The van der Waals surface area contributed by atoms with Crippen molar-refractivity contribution >= 4 is 11.9 Å². The minimum atomic E-state index is -0.987. The van der Waals surface area contributed by atoms with Gasteiger partial charge in [-0.3, -0.25) is 4.79 Å². The van der Waals surface area contributed by atoms with E-state index < -0.39 is 12.0 Å². The summed E-state index contributed by atoms with van der Waals surface area (Å²) < 4.78 is 0. The molecular formula is C11H22N2O3. The molecule has 16 heavy (non-hydrogen) atoms. The van der Waals surface area contributed by atoms with Crippen molar-refractivity contribution in [2.45, 2.75) is 58.0 Å². The lowest BCUT2D eigenvalue weighted by atomic mass is 10.1. The van der Waals surface area contributed by atoms with Crippen LogP contribution in [0, 0.1) is 0 Å². The first-order valence-electron chi connectivity index (χ1n) is 5.79. The number of carboxylic acids is 1. The second-order valence-electron chi connectivity index (χ2n) is 4.00. The molecule has 1 unspecified atom stereocenters. The summed E-state index contributed by atoms with van der Waals surface area (Å²) in [6, 6.07) is -0.965. The molecule has 4 N–H and O–H groups in total. The number of hydrogen-bond donors (Lipinski definition) is 3. The number of aliphatic carboxylic acids is 1. The van der Waals surface area contributed by atoms with Gasteiger partial charge in [0.15, 0.2) is 0 Å². The maximum absolute atomic E-state index is 11.5. The molecule has 0 spiro atoms. The van der Waals surface area contributed by atoms with E-state index in [9.17, 15) is 9.59 Å². The number of carbonyl (C=O) groups excluding carboxylic acids is 1. The predicted octanol–water partition coefficient (Wildman–Crippen LogP) is 0.873. The number of nitrogens with two attached hydrogens (primary N) is 1. The Morgan fingerprint density at radius 2 is 1.81 bits per heavy atom. The van der Waals surface area contributed by atoms with Gasteiger partial charge in [0.1, 0.15) is 6.04 Å². The molecule has 0 aromatic rings. The first-order chi connectivity index (χ1) is 7.51. The van der Waals surface area contributed by atoms with Crippen molar-refractivity contribution in [3.63, 3.8) is 0 Å². The SMILES string of the molecule is CCCC(N)CC(=O)N[C@@H](CCC)C(=O)O. The number of hydrogen-bond acceptors (Lipinski definition) is 3. The molecule has 0 saturated carbocycles. The summed E-state index contributed by atoms with van der Waals surface area (Å²) in [5.74, 6) is -1.26. The summed E-state index contributed by atoms with van der Waals surface area (Å²) in [6.07, 6.45) is 3.06. The van der Waals surface area contributed by atoms with E-state index in [0.717, 1.165) is 19.3 Å². The fraction of sp³-hybridized carbons (Fsp3) is 0.818. The molecule has 0 bridgehead atoms. The number of nitrogens with one attached hydrogen (secondary N) is 1. The summed E-state index contributed by atoms with van der Waals surface area (Å²) in [6.45, 7) is 3.87. The van der Waals surface area contributed by atoms with Crippen LogP contribution in [0.1, 0.15) is 46.0 Å². The van der Waals surface area contributed by atoms with Crippen molar-refractivity contribution in [1.29, 1.82) is 0 Å². The van der Waals surface area contributed by atoms with Gasteiger partial charge in [0.25, 0.3) is 0 Å². The molecule has 0 aromatic heterocycles. The molecule has 0 radical (unpaired) electrons. The molecule has 0 aromatic carbocycles. The van der Waals surface area contributed by atoms with Gasteiger partial charge in [-0.05, 0) is 12.8 Å². The van der Waals surface area contributed by atoms with Gasteiger partial charge in [0.05, 0.1) is 0 Å². The van der Waals surface area contributed by atoms with Crippen LogP contribution in [0.2, 0.25) is 0 Å². The summed E-state index contributed by atoms with van der Waals surface area (Å²) >= 11 is 0. The molecule has 94 valence electrons. The zero-order chi connectivity index (χ0) is 12.6. The van der Waals surface area contributed by atoms with E-state index in [1.807, 2.05) is 13.8 Å². The Bertz CT molecular complexity index is 231. The second-order valence-corrected chi connectivity index (χ2v) is 4.00. The van der Waals surface area contributed by atoms with Gasteiger partial charge in [-0.25, -0.2) is 4.79 Å². The standard InChI is InChI=1S/C11H22N2O3/c1-3-5-8(12)7-10(14)13-9(6-4-2)11(15)16/h8-9H,3-7,12H2,1-2H3,(H,13,14)(H,15,16)/t8?,9-/m0/s1. The molecule has 0 aliphatic rings. The second kappa shape index (κ2) is 8.10. The summed E-state index contributed by atoms with van der Waals surface area (Å²) in [7, 11) is 0. The predicted molar refractivity (Wildman–Crippen MR) is 62.0 cm³/mol. The summed E-state index contributed by atoms with van der Waals surface area (Å²) in [4.78, 5) is 22.3. The zero-order valence-corrected chi connectivity index (χ0v) is 10.0. The molecule has 1 amide bonds. The molecule has 5 nitrogen and oxygen atoms in total. The van der Waals surface area contributed by atoms with Gasteiger partial charge >= 0.3 is 5.97 Å². The van der Waals surface area contributed by atoms with Crippen LogP contribution in [0.15, 0.2) is 0 Å². The van der Waals surface area contributed by atoms with Gasteiger partial charge in [0.2, 0.25) is 5.91 Å². The topological polar surface area (TPSA) is 92.4 Å². The molecular weight excluding hydrogens is 208 g/mol. The fourth-order valence-corrected chi connectivity index (χ4v) is 1.51. The van der Waals surface area contributed by atoms with E-state index in [2.05, 4.69) is 5.32 Å². The minimum absolute atomic E-state index is 0.180. The van der Waals surface area contributed by atoms with Crippen molar-refractivity contribution in [3.05, 3.63) is 0 Å². The minimum Gasteiger partial charge on any atom is -0.480 e. The lowest BCUT2D eigenvalue weighted by Crippen LogP contribution is -2.42. The molecule has 0 aliphatic heterocycles. The molecule has 0 saturated heterocycles. The van der Waals surface area contributed by atoms with Gasteiger partial charge < -0.3 is 16.2 Å². The van der Waals surface area contributed by atoms with E-state index in [0.29, 0.717) is 6.42 Å². The van der Waals surface area contributed by atoms with Crippen LogP contribution >= 0.6 is 0 Å². The van der Waals surface area contributed by atoms with Crippen LogP contribution in [-0.2, 0) is 9.59 Å². The molecule has 0 aliphatic carbocycles. The van der Waals surface area contributed by atoms with Crippen LogP contribution in [-0.4, -0.2) is 29.1 Å². The number of carboxylic acid groups (broad SMARTS) is 1. The average molecular weight is 230 g/mol. The van der Waals surface area contributed by atoms with Crippen LogP contribution < -0.4 is 11.1 Å². The molecule has 0 heterocycles. The van der Waals surface area contributed by atoms with Crippen LogP contribution in [0.3, 0.4) is 0 Å². The van der Waals surface area contributed by atoms with Gasteiger partial charge in [-0.2, -0.15) is 0 Å². The Balaban J connectivity index is 4.04. The maximum Gasteiger partial charge on any atom is 0.326 e. The highest BCUT2D eigenvalue weighted by Gasteiger charge is 2.19. The Morgan fingerprint density at radius 3 is 2.25 bits per heavy atom. The third-order valence-electron chi connectivity index (χ3n) is 2.32. The van der Waals surface area contributed by atoms with Crippen LogP contribution in [0.5, 0.6) is 0 Å². The molecule has 0 fully saturated rings. The van der Waals surface area contributed by atoms with Crippen molar-refractivity contribution in [2.24, 2.45) is 5.73 Å². The van der Waals surface area contributed by atoms with E-state index in [1.165, 1.54) is 0 Å². The highest BCUT2D eigenvalue weighted by Crippen LogP contribution is 2.01. The van der Waals surface area contributed by atoms with Gasteiger partial charge in [0, 0.05) is 12.5 Å². The molecule has 0 rings (SSSR count). The largest absolute Gasteiger partial charge is 0.480 e. The third-order valence-corrected chi connectivity index (χ3v) is 2.32. The zero-order valence-electron chi connectivity index (χ0n) is 10.0. The Morgan fingerprint density at radius 1 is 1.25 bits per heavy atom. The Kier molecular flexibility index (Phi) is 7.54. The van der Waals surface area contributed by atoms with Gasteiger partial charge in [-0.1, -0.05) is 26.7 Å². The molecule has 2 atom stereocenters. The van der Waals surface area contributed by atoms with E-state index >= 15 is 0 Å². The van der Waals surface area contributed by atoms with Crippen LogP contribution in [0.4, 0.5) is 0 Å². The van der Waals surface area contributed by atoms with E-state index in [1.54, 1.807) is 0 Å². The fourth-order valence-electron chi connectivity index (χ4n) is 1.51. The average Bonchev–Trinajstić information content (AvgIpc) is 2.16. The summed E-state index contributed by atoms with van der Waals surface area (Å²) in [5, 5.41) is 11.3. The molecule has 5 heteroatoms. The lowest BCUT2D eigenvalue weighted by molar-refractivity contribution is -0.142. The van der Waals surface area contributed by atoms with Crippen LogP contribution in [0.25, 0.3) is 0 Å². The van der Waals surface area contributed by atoms with Crippen molar-refractivity contribution in [3.8, 4) is 0 Å². The lowest BCUT2D eigenvalue weighted by Gasteiger charge is -2.15. The monoisotopic (exact) mass is 230 g/mol. The summed E-state index contributed by atoms with van der Waals surface area (Å²) in [5.41, 5.74) is 5.70. The van der Waals surface area contributed by atoms with Crippen molar-refractivity contribution < 1.29 is 14.7 Å². The number of carbonyl (C=O) groups is 2.